The number of carbonyl (C=O) groups excluding carboxylic acids is 2. The van der Waals surface area contributed by atoms with Gasteiger partial charge in [-0.15, -0.1) is 0 Å². The second-order valence-electron chi connectivity index (χ2n) is 4.48. The first-order chi connectivity index (χ1) is 9.63. The van der Waals surface area contributed by atoms with E-state index in [1.54, 1.807) is 0 Å². The van der Waals surface area contributed by atoms with Gasteiger partial charge in [-0.25, -0.2) is 0 Å². The summed E-state index contributed by atoms with van der Waals surface area (Å²) in [5, 5.41) is 0. The third-order valence-corrected chi connectivity index (χ3v) is 2.47. The summed E-state index contributed by atoms with van der Waals surface area (Å²) in [6.07, 6.45) is 14.2. The van der Waals surface area contributed by atoms with Crippen LogP contribution in [0.5, 0.6) is 0 Å². The standard InChI is InChI=1S/C16H26O4/c1-15(17)19-13-11-9-7-5-3-4-6-8-10-12-14-20-16(2)18/h5-8H,3-4,9-14H2,1-2H3/b7-5-,8-6+. The van der Waals surface area contributed by atoms with E-state index in [4.69, 9.17) is 9.47 Å². The van der Waals surface area contributed by atoms with Crippen LogP contribution in [0.3, 0.4) is 0 Å². The largest absolute Gasteiger partial charge is 0.466 e. The maximum atomic E-state index is 10.5. The van der Waals surface area contributed by atoms with Gasteiger partial charge in [-0.1, -0.05) is 24.3 Å². The topological polar surface area (TPSA) is 52.6 Å². The van der Waals surface area contributed by atoms with Crippen molar-refractivity contribution in [2.24, 2.45) is 0 Å². The van der Waals surface area contributed by atoms with Crippen molar-refractivity contribution in [3.8, 4) is 0 Å². The summed E-state index contributed by atoms with van der Waals surface area (Å²) >= 11 is 0. The lowest BCUT2D eigenvalue weighted by Crippen LogP contribution is -1.99. The quantitative estimate of drug-likeness (QED) is 0.330. The van der Waals surface area contributed by atoms with E-state index < -0.39 is 0 Å². The average Bonchev–Trinajstić information content (AvgIpc) is 2.38. The Balaban J connectivity index is 3.25. The van der Waals surface area contributed by atoms with Crippen molar-refractivity contribution < 1.29 is 19.1 Å². The monoisotopic (exact) mass is 282 g/mol. The fraction of sp³-hybridized carbons (Fsp3) is 0.625. The zero-order chi connectivity index (χ0) is 15.1. The summed E-state index contributed by atoms with van der Waals surface area (Å²) in [6.45, 7) is 3.85. The zero-order valence-corrected chi connectivity index (χ0v) is 12.6. The SMILES string of the molecule is CC(=O)OCCC/C=C\CC/C=C/CCCOC(C)=O. The predicted molar refractivity (Wildman–Crippen MR) is 79.2 cm³/mol. The van der Waals surface area contributed by atoms with Gasteiger partial charge in [-0.05, 0) is 38.5 Å². The molecule has 0 aliphatic carbocycles. The molecule has 0 bridgehead atoms. The van der Waals surface area contributed by atoms with Gasteiger partial charge in [0.25, 0.3) is 0 Å². The van der Waals surface area contributed by atoms with Gasteiger partial charge in [-0.3, -0.25) is 9.59 Å². The van der Waals surface area contributed by atoms with Crippen LogP contribution in [0, 0.1) is 0 Å². The van der Waals surface area contributed by atoms with Crippen molar-refractivity contribution in [1.29, 1.82) is 0 Å². The Labute approximate surface area is 121 Å². The van der Waals surface area contributed by atoms with E-state index in [2.05, 4.69) is 24.3 Å². The molecule has 114 valence electrons. The molecule has 20 heavy (non-hydrogen) atoms. The second kappa shape index (κ2) is 13.8. The van der Waals surface area contributed by atoms with Crippen molar-refractivity contribution in [1.82, 2.24) is 0 Å². The average molecular weight is 282 g/mol. The first-order valence-electron chi connectivity index (χ1n) is 7.19. The van der Waals surface area contributed by atoms with E-state index in [0.717, 1.165) is 38.5 Å². The number of hydrogen-bond donors (Lipinski definition) is 0. The highest BCUT2D eigenvalue weighted by molar-refractivity contribution is 5.66. The summed E-state index contributed by atoms with van der Waals surface area (Å²) in [4.78, 5) is 21.0. The van der Waals surface area contributed by atoms with Crippen LogP contribution in [0.2, 0.25) is 0 Å². The van der Waals surface area contributed by atoms with E-state index in [1.807, 2.05) is 0 Å². The molecule has 0 aromatic heterocycles. The summed E-state index contributed by atoms with van der Waals surface area (Å²) in [6, 6.07) is 0. The first-order valence-corrected chi connectivity index (χ1v) is 7.19. The van der Waals surface area contributed by atoms with Crippen LogP contribution >= 0.6 is 0 Å². The van der Waals surface area contributed by atoms with E-state index >= 15 is 0 Å². The van der Waals surface area contributed by atoms with Gasteiger partial charge < -0.3 is 9.47 Å². The van der Waals surface area contributed by atoms with E-state index in [-0.39, 0.29) is 11.9 Å². The Morgan fingerprint density at radius 2 is 1.05 bits per heavy atom. The third-order valence-electron chi connectivity index (χ3n) is 2.47. The van der Waals surface area contributed by atoms with E-state index in [1.165, 1.54) is 13.8 Å². The molecule has 4 heteroatoms. The number of allylic oxidation sites excluding steroid dienone is 4. The minimum Gasteiger partial charge on any atom is -0.466 e. The number of carbonyl (C=O) groups is 2. The minimum absolute atomic E-state index is 0.215. The summed E-state index contributed by atoms with van der Waals surface area (Å²) in [5.41, 5.74) is 0. The molecule has 4 nitrogen and oxygen atoms in total. The van der Waals surface area contributed by atoms with Crippen LogP contribution in [0.15, 0.2) is 24.3 Å². The highest BCUT2D eigenvalue weighted by atomic mass is 16.5. The van der Waals surface area contributed by atoms with Crippen molar-refractivity contribution in [3.63, 3.8) is 0 Å². The molecule has 0 unspecified atom stereocenters. The number of ether oxygens (including phenoxy) is 2. The minimum atomic E-state index is -0.215. The fourth-order valence-corrected chi connectivity index (χ4v) is 1.50. The molecule has 0 spiro atoms. The second-order valence-corrected chi connectivity index (χ2v) is 4.48. The Kier molecular flexibility index (Phi) is 12.7. The maximum Gasteiger partial charge on any atom is 0.302 e. The molecule has 0 aromatic carbocycles. The molecule has 0 saturated carbocycles. The fourth-order valence-electron chi connectivity index (χ4n) is 1.50. The van der Waals surface area contributed by atoms with Gasteiger partial charge in [0, 0.05) is 13.8 Å². The normalized spacial score (nSPS) is 11.1. The Hall–Kier alpha value is -1.58. The molecule has 0 N–H and O–H groups in total. The molecule has 0 heterocycles. The molecule has 0 aliphatic rings. The number of esters is 2. The molecule has 0 rings (SSSR count). The van der Waals surface area contributed by atoms with E-state index in [0.29, 0.717) is 13.2 Å². The number of rotatable bonds is 11. The number of hydrogen-bond acceptors (Lipinski definition) is 4. The number of unbranched alkanes of at least 4 members (excludes halogenated alkanes) is 3. The van der Waals surface area contributed by atoms with Gasteiger partial charge in [0.1, 0.15) is 0 Å². The Bertz CT molecular complexity index is 286. The highest BCUT2D eigenvalue weighted by Gasteiger charge is 1.91. The van der Waals surface area contributed by atoms with Crippen LogP contribution in [0.4, 0.5) is 0 Å². The molecule has 0 amide bonds. The predicted octanol–water partition coefficient (Wildman–Crippen LogP) is 3.57. The van der Waals surface area contributed by atoms with Gasteiger partial charge in [0.05, 0.1) is 13.2 Å². The first kappa shape index (κ1) is 18.4. The molecular formula is C16H26O4. The van der Waals surface area contributed by atoms with Crippen molar-refractivity contribution in [3.05, 3.63) is 24.3 Å². The van der Waals surface area contributed by atoms with Crippen molar-refractivity contribution in [2.75, 3.05) is 13.2 Å². The smallest absolute Gasteiger partial charge is 0.302 e. The molecule has 0 radical (unpaired) electrons. The molecular weight excluding hydrogens is 256 g/mol. The van der Waals surface area contributed by atoms with E-state index in [9.17, 15) is 9.59 Å². The molecule has 0 aromatic rings. The zero-order valence-electron chi connectivity index (χ0n) is 12.6. The van der Waals surface area contributed by atoms with Gasteiger partial charge in [0.15, 0.2) is 0 Å². The summed E-state index contributed by atoms with van der Waals surface area (Å²) in [7, 11) is 0. The van der Waals surface area contributed by atoms with Crippen LogP contribution in [0.1, 0.15) is 52.4 Å². The van der Waals surface area contributed by atoms with Crippen LogP contribution in [0.25, 0.3) is 0 Å². The third kappa shape index (κ3) is 16.4. The van der Waals surface area contributed by atoms with Gasteiger partial charge >= 0.3 is 11.9 Å². The lowest BCUT2D eigenvalue weighted by Gasteiger charge is -1.98. The molecule has 0 aliphatic heterocycles. The van der Waals surface area contributed by atoms with Crippen LogP contribution in [-0.4, -0.2) is 25.2 Å². The molecule has 0 fully saturated rings. The van der Waals surface area contributed by atoms with Crippen LogP contribution < -0.4 is 0 Å². The Morgan fingerprint density at radius 3 is 1.40 bits per heavy atom. The lowest BCUT2D eigenvalue weighted by molar-refractivity contribution is -0.142. The summed E-state index contributed by atoms with van der Waals surface area (Å²) < 4.78 is 9.67. The van der Waals surface area contributed by atoms with Crippen LogP contribution in [-0.2, 0) is 19.1 Å². The highest BCUT2D eigenvalue weighted by Crippen LogP contribution is 1.99. The molecule has 0 atom stereocenters. The summed E-state index contributed by atoms with van der Waals surface area (Å²) in [5.74, 6) is -0.430. The molecule has 0 saturated heterocycles. The lowest BCUT2D eigenvalue weighted by atomic mass is 10.2. The Morgan fingerprint density at radius 1 is 0.700 bits per heavy atom. The van der Waals surface area contributed by atoms with Crippen molar-refractivity contribution in [2.45, 2.75) is 52.4 Å². The maximum absolute atomic E-state index is 10.5. The van der Waals surface area contributed by atoms with Crippen molar-refractivity contribution >= 4 is 11.9 Å². The van der Waals surface area contributed by atoms with Gasteiger partial charge in [0.2, 0.25) is 0 Å². The van der Waals surface area contributed by atoms with Gasteiger partial charge in [-0.2, -0.15) is 0 Å².